The molecule has 0 spiro atoms. The predicted octanol–water partition coefficient (Wildman–Crippen LogP) is 5.68. The van der Waals surface area contributed by atoms with Crippen LogP contribution in [0.5, 0.6) is 17.2 Å². The lowest BCUT2D eigenvalue weighted by Crippen LogP contribution is -2.32. The van der Waals surface area contributed by atoms with Crippen molar-refractivity contribution in [1.29, 1.82) is 0 Å². The molecular weight excluding hydrogens is 490 g/mol. The number of rotatable bonds is 8. The van der Waals surface area contributed by atoms with E-state index in [0.29, 0.717) is 27.6 Å². The smallest absolute Gasteiger partial charge is 0.343 e. The molecule has 3 aromatic carbocycles. The molecule has 0 saturated carbocycles. The van der Waals surface area contributed by atoms with Gasteiger partial charge in [0.15, 0.2) is 11.5 Å². The fraction of sp³-hybridized carbons (Fsp3) is 0.115. The topological polar surface area (TPSA) is 82.1 Å². The van der Waals surface area contributed by atoms with Crippen LogP contribution in [-0.4, -0.2) is 42.3 Å². The number of carbonyl (C=O) groups is 3. The van der Waals surface area contributed by atoms with Gasteiger partial charge < -0.3 is 14.2 Å². The molecule has 9 heteroatoms. The van der Waals surface area contributed by atoms with E-state index < -0.39 is 17.1 Å². The SMILES string of the molecule is COc1ccccc1OCCN1C(=O)S/C(=C\c2ccccc2OC(=O)c2ccc(Cl)cc2)C1=O. The van der Waals surface area contributed by atoms with Gasteiger partial charge in [-0.05, 0) is 60.3 Å². The molecule has 2 amide bonds. The summed E-state index contributed by atoms with van der Waals surface area (Å²) < 4.78 is 16.5. The number of nitrogens with zero attached hydrogens (tertiary/aromatic N) is 1. The van der Waals surface area contributed by atoms with Crippen molar-refractivity contribution in [2.45, 2.75) is 0 Å². The van der Waals surface area contributed by atoms with Crippen molar-refractivity contribution in [3.8, 4) is 17.2 Å². The zero-order valence-electron chi connectivity index (χ0n) is 18.6. The highest BCUT2D eigenvalue weighted by atomic mass is 35.5. The van der Waals surface area contributed by atoms with Gasteiger partial charge in [-0.2, -0.15) is 0 Å². The van der Waals surface area contributed by atoms with E-state index >= 15 is 0 Å². The number of ether oxygens (including phenoxy) is 3. The van der Waals surface area contributed by atoms with E-state index in [1.165, 1.54) is 13.2 Å². The summed E-state index contributed by atoms with van der Waals surface area (Å²) in [5.41, 5.74) is 0.824. The standard InChI is InChI=1S/C26H20ClNO6S/c1-32-21-8-4-5-9-22(21)33-15-14-28-24(29)23(35-26(28)31)16-18-6-2-3-7-20(18)34-25(30)17-10-12-19(27)13-11-17/h2-13,16H,14-15H2,1H3/b23-16-. The Morgan fingerprint density at radius 1 is 0.943 bits per heavy atom. The van der Waals surface area contributed by atoms with Gasteiger partial charge in [0.25, 0.3) is 11.1 Å². The van der Waals surface area contributed by atoms with E-state index in [4.69, 9.17) is 25.8 Å². The van der Waals surface area contributed by atoms with E-state index in [0.717, 1.165) is 16.7 Å². The predicted molar refractivity (Wildman–Crippen MR) is 134 cm³/mol. The van der Waals surface area contributed by atoms with Crippen molar-refractivity contribution in [2.24, 2.45) is 0 Å². The molecule has 4 rings (SSSR count). The van der Waals surface area contributed by atoms with Gasteiger partial charge in [-0.25, -0.2) is 4.79 Å². The number of thioether (sulfide) groups is 1. The summed E-state index contributed by atoms with van der Waals surface area (Å²) in [4.78, 5) is 39.2. The normalized spacial score (nSPS) is 14.3. The molecule has 0 radical (unpaired) electrons. The molecule has 35 heavy (non-hydrogen) atoms. The number of halogens is 1. The molecule has 1 heterocycles. The summed E-state index contributed by atoms with van der Waals surface area (Å²) >= 11 is 6.69. The Labute approximate surface area is 211 Å². The lowest BCUT2D eigenvalue weighted by atomic mass is 10.1. The minimum atomic E-state index is -0.566. The highest BCUT2D eigenvalue weighted by molar-refractivity contribution is 8.18. The maximum Gasteiger partial charge on any atom is 0.343 e. The van der Waals surface area contributed by atoms with Crippen LogP contribution in [0.4, 0.5) is 4.79 Å². The molecule has 1 aliphatic rings. The van der Waals surface area contributed by atoms with Crippen LogP contribution < -0.4 is 14.2 Å². The van der Waals surface area contributed by atoms with Gasteiger partial charge in [-0.1, -0.05) is 41.9 Å². The minimum Gasteiger partial charge on any atom is -0.493 e. The van der Waals surface area contributed by atoms with Gasteiger partial charge in [-0.3, -0.25) is 14.5 Å². The third kappa shape index (κ3) is 5.85. The second kappa shape index (κ2) is 11.1. The Hall–Kier alpha value is -3.75. The summed E-state index contributed by atoms with van der Waals surface area (Å²) in [7, 11) is 1.54. The van der Waals surface area contributed by atoms with Crippen LogP contribution >= 0.6 is 23.4 Å². The van der Waals surface area contributed by atoms with Gasteiger partial charge in [0.05, 0.1) is 24.1 Å². The molecule has 1 saturated heterocycles. The van der Waals surface area contributed by atoms with E-state index in [1.807, 2.05) is 6.07 Å². The fourth-order valence-electron chi connectivity index (χ4n) is 3.26. The van der Waals surface area contributed by atoms with E-state index in [1.54, 1.807) is 66.7 Å². The number of amides is 2. The van der Waals surface area contributed by atoms with Gasteiger partial charge in [0, 0.05) is 10.6 Å². The molecule has 1 fully saturated rings. The second-order valence-electron chi connectivity index (χ2n) is 7.27. The quantitative estimate of drug-likeness (QED) is 0.219. The summed E-state index contributed by atoms with van der Waals surface area (Å²) in [5, 5.41) is 0.103. The van der Waals surface area contributed by atoms with Crippen molar-refractivity contribution in [3.05, 3.63) is 93.9 Å². The molecule has 3 aromatic rings. The number of carbonyl (C=O) groups excluding carboxylic acids is 3. The molecule has 0 bridgehead atoms. The van der Waals surface area contributed by atoms with Crippen LogP contribution in [0, 0.1) is 0 Å². The Balaban J connectivity index is 1.44. The second-order valence-corrected chi connectivity index (χ2v) is 8.70. The van der Waals surface area contributed by atoms with Crippen LogP contribution in [0.2, 0.25) is 5.02 Å². The van der Waals surface area contributed by atoms with Gasteiger partial charge in [0.2, 0.25) is 0 Å². The number of benzene rings is 3. The first-order valence-electron chi connectivity index (χ1n) is 10.5. The number of para-hydroxylation sites is 3. The Bertz CT molecular complexity index is 1290. The van der Waals surface area contributed by atoms with Crippen LogP contribution in [0.1, 0.15) is 15.9 Å². The lowest BCUT2D eigenvalue weighted by molar-refractivity contribution is -0.123. The molecule has 0 N–H and O–H groups in total. The van der Waals surface area contributed by atoms with E-state index in [-0.39, 0.29) is 23.8 Å². The van der Waals surface area contributed by atoms with E-state index in [9.17, 15) is 14.4 Å². The third-order valence-corrected chi connectivity index (χ3v) is 6.16. The summed E-state index contributed by atoms with van der Waals surface area (Å²) in [5.74, 6) is 0.338. The molecule has 0 aliphatic carbocycles. The Morgan fingerprint density at radius 3 is 2.31 bits per heavy atom. The van der Waals surface area contributed by atoms with Crippen LogP contribution in [-0.2, 0) is 4.79 Å². The molecular formula is C26H20ClNO6S. The van der Waals surface area contributed by atoms with Crippen LogP contribution in [0.3, 0.4) is 0 Å². The zero-order chi connectivity index (χ0) is 24.8. The molecule has 0 unspecified atom stereocenters. The van der Waals surface area contributed by atoms with Crippen LogP contribution in [0.25, 0.3) is 6.08 Å². The molecule has 178 valence electrons. The Morgan fingerprint density at radius 2 is 1.60 bits per heavy atom. The lowest BCUT2D eigenvalue weighted by Gasteiger charge is -2.14. The van der Waals surface area contributed by atoms with Crippen molar-refractivity contribution >= 4 is 46.6 Å². The third-order valence-electron chi connectivity index (χ3n) is 5.00. The monoisotopic (exact) mass is 509 g/mol. The van der Waals surface area contributed by atoms with Crippen molar-refractivity contribution in [3.63, 3.8) is 0 Å². The van der Waals surface area contributed by atoms with Crippen molar-refractivity contribution in [1.82, 2.24) is 4.90 Å². The largest absolute Gasteiger partial charge is 0.493 e. The minimum absolute atomic E-state index is 0.0766. The Kier molecular flexibility index (Phi) is 7.74. The number of methoxy groups -OCH3 is 1. The summed E-state index contributed by atoms with van der Waals surface area (Å²) in [6.45, 7) is 0.189. The van der Waals surface area contributed by atoms with Crippen molar-refractivity contribution in [2.75, 3.05) is 20.3 Å². The number of esters is 1. The maximum absolute atomic E-state index is 12.9. The maximum atomic E-state index is 12.9. The number of imide groups is 1. The van der Waals surface area contributed by atoms with Crippen LogP contribution in [0.15, 0.2) is 77.7 Å². The molecule has 1 aliphatic heterocycles. The summed E-state index contributed by atoms with van der Waals surface area (Å²) in [6.07, 6.45) is 1.54. The molecule has 0 aromatic heterocycles. The first kappa shape index (κ1) is 24.4. The first-order chi connectivity index (χ1) is 17.0. The van der Waals surface area contributed by atoms with Gasteiger partial charge in [-0.15, -0.1) is 0 Å². The average Bonchev–Trinajstić information content (AvgIpc) is 3.13. The summed E-state index contributed by atoms with van der Waals surface area (Å²) in [6, 6.07) is 20.2. The highest BCUT2D eigenvalue weighted by Gasteiger charge is 2.35. The number of hydrogen-bond donors (Lipinski definition) is 0. The van der Waals surface area contributed by atoms with E-state index in [2.05, 4.69) is 0 Å². The molecule has 7 nitrogen and oxygen atoms in total. The first-order valence-corrected chi connectivity index (χ1v) is 11.7. The average molecular weight is 510 g/mol. The fourth-order valence-corrected chi connectivity index (χ4v) is 4.24. The van der Waals surface area contributed by atoms with Gasteiger partial charge >= 0.3 is 5.97 Å². The highest BCUT2D eigenvalue weighted by Crippen LogP contribution is 2.34. The van der Waals surface area contributed by atoms with Crippen molar-refractivity contribution < 1.29 is 28.6 Å². The number of hydrogen-bond acceptors (Lipinski definition) is 7. The zero-order valence-corrected chi connectivity index (χ0v) is 20.2. The van der Waals surface area contributed by atoms with Gasteiger partial charge in [0.1, 0.15) is 12.4 Å². The molecule has 0 atom stereocenters.